The Morgan fingerprint density at radius 2 is 2.00 bits per heavy atom. The van der Waals surface area contributed by atoms with Crippen LogP contribution in [0.15, 0.2) is 0 Å². The quantitative estimate of drug-likeness (QED) is 0.669. The van der Waals surface area contributed by atoms with E-state index in [2.05, 4.69) is 22.6 Å². The Kier molecular flexibility index (Phi) is 5.91. The van der Waals surface area contributed by atoms with Crippen LogP contribution in [0.1, 0.15) is 26.2 Å². The molecule has 1 atom stereocenters. The van der Waals surface area contributed by atoms with Crippen molar-refractivity contribution >= 4 is 12.0 Å². The van der Waals surface area contributed by atoms with Gasteiger partial charge in [0.05, 0.1) is 0 Å². The van der Waals surface area contributed by atoms with Crippen LogP contribution in [0, 0.1) is 5.92 Å². The second kappa shape index (κ2) is 7.20. The largest absolute Gasteiger partial charge is 0.480 e. The van der Waals surface area contributed by atoms with Crippen LogP contribution < -0.4 is 10.6 Å². The molecule has 1 rings (SSSR count). The normalized spacial score (nSPS) is 19.2. The lowest BCUT2D eigenvalue weighted by molar-refractivity contribution is -0.139. The van der Waals surface area contributed by atoms with Crippen molar-refractivity contribution in [1.29, 1.82) is 0 Å². The molecule has 1 aliphatic rings. The predicted molar refractivity (Wildman–Crippen MR) is 68.5 cm³/mol. The standard InChI is InChI=1S/C12H23N3O3/c1-3-10(11(16)17)14-12(18)13-8-9-4-6-15(2)7-5-9/h9-10H,3-8H2,1-2H3,(H,16,17)(H2,13,14,18)/t10-/m1/s1. The van der Waals surface area contributed by atoms with E-state index < -0.39 is 12.0 Å². The lowest BCUT2D eigenvalue weighted by Gasteiger charge is -2.29. The molecule has 1 fully saturated rings. The zero-order valence-corrected chi connectivity index (χ0v) is 11.1. The zero-order valence-electron chi connectivity index (χ0n) is 11.1. The zero-order chi connectivity index (χ0) is 13.5. The molecule has 0 spiro atoms. The van der Waals surface area contributed by atoms with Gasteiger partial charge in [-0.05, 0) is 45.3 Å². The maximum Gasteiger partial charge on any atom is 0.326 e. The van der Waals surface area contributed by atoms with E-state index in [9.17, 15) is 9.59 Å². The molecule has 0 radical (unpaired) electrons. The number of piperidine rings is 1. The van der Waals surface area contributed by atoms with Crippen LogP contribution in [0.2, 0.25) is 0 Å². The van der Waals surface area contributed by atoms with Gasteiger partial charge in [0.1, 0.15) is 6.04 Å². The molecule has 0 aromatic carbocycles. The first kappa shape index (κ1) is 14.8. The van der Waals surface area contributed by atoms with E-state index in [0.29, 0.717) is 18.9 Å². The monoisotopic (exact) mass is 257 g/mol. The highest BCUT2D eigenvalue weighted by Gasteiger charge is 2.20. The summed E-state index contributed by atoms with van der Waals surface area (Å²) in [5, 5.41) is 14.0. The summed E-state index contributed by atoms with van der Waals surface area (Å²) in [7, 11) is 2.09. The van der Waals surface area contributed by atoms with Crippen LogP contribution in [0.25, 0.3) is 0 Å². The molecule has 0 saturated carbocycles. The van der Waals surface area contributed by atoms with Gasteiger partial charge in [-0.3, -0.25) is 0 Å². The van der Waals surface area contributed by atoms with Crippen molar-refractivity contribution in [3.8, 4) is 0 Å². The fraction of sp³-hybridized carbons (Fsp3) is 0.833. The summed E-state index contributed by atoms with van der Waals surface area (Å²) in [5.41, 5.74) is 0. The summed E-state index contributed by atoms with van der Waals surface area (Å²) in [6, 6.07) is -1.19. The number of aliphatic carboxylic acids is 1. The third-order valence-electron chi connectivity index (χ3n) is 3.40. The van der Waals surface area contributed by atoms with Gasteiger partial charge in [0.15, 0.2) is 0 Å². The average molecular weight is 257 g/mol. The maximum absolute atomic E-state index is 11.5. The molecule has 18 heavy (non-hydrogen) atoms. The molecule has 0 aromatic heterocycles. The van der Waals surface area contributed by atoms with Gasteiger partial charge in [-0.25, -0.2) is 9.59 Å². The molecule has 0 unspecified atom stereocenters. The Balaban J connectivity index is 2.22. The van der Waals surface area contributed by atoms with Gasteiger partial charge in [-0.1, -0.05) is 6.92 Å². The van der Waals surface area contributed by atoms with Crippen molar-refractivity contribution in [2.75, 3.05) is 26.7 Å². The number of carboxylic acids is 1. The molecule has 3 N–H and O–H groups in total. The molecular weight excluding hydrogens is 234 g/mol. The third kappa shape index (κ3) is 4.91. The molecule has 1 heterocycles. The van der Waals surface area contributed by atoms with Crippen LogP contribution in [0.5, 0.6) is 0 Å². The van der Waals surface area contributed by atoms with Gasteiger partial charge in [0.2, 0.25) is 0 Å². The summed E-state index contributed by atoms with van der Waals surface area (Å²) in [6.45, 7) is 4.47. The molecule has 6 heteroatoms. The summed E-state index contributed by atoms with van der Waals surface area (Å²) in [4.78, 5) is 24.6. The number of likely N-dealkylation sites (tertiary alicyclic amines) is 1. The fourth-order valence-corrected chi connectivity index (χ4v) is 2.05. The van der Waals surface area contributed by atoms with Gasteiger partial charge < -0.3 is 20.6 Å². The van der Waals surface area contributed by atoms with E-state index in [4.69, 9.17) is 5.11 Å². The molecule has 6 nitrogen and oxygen atoms in total. The van der Waals surface area contributed by atoms with E-state index in [0.717, 1.165) is 25.9 Å². The maximum atomic E-state index is 11.5. The number of urea groups is 1. The van der Waals surface area contributed by atoms with E-state index in [1.165, 1.54) is 0 Å². The summed E-state index contributed by atoms with van der Waals surface area (Å²) < 4.78 is 0. The first-order chi connectivity index (χ1) is 8.52. The van der Waals surface area contributed by atoms with Crippen molar-refractivity contribution in [3.63, 3.8) is 0 Å². The van der Waals surface area contributed by atoms with Crippen molar-refractivity contribution < 1.29 is 14.7 Å². The van der Waals surface area contributed by atoms with Gasteiger partial charge in [0.25, 0.3) is 0 Å². The number of carbonyl (C=O) groups is 2. The number of hydrogen-bond donors (Lipinski definition) is 3. The lowest BCUT2D eigenvalue weighted by atomic mass is 9.97. The number of carboxylic acid groups (broad SMARTS) is 1. The molecule has 104 valence electrons. The second-order valence-electron chi connectivity index (χ2n) is 4.90. The minimum Gasteiger partial charge on any atom is -0.480 e. The molecule has 0 aromatic rings. The van der Waals surface area contributed by atoms with Crippen molar-refractivity contribution in [2.45, 2.75) is 32.2 Å². The van der Waals surface area contributed by atoms with Crippen LogP contribution in [-0.2, 0) is 4.79 Å². The molecule has 2 amide bonds. The average Bonchev–Trinajstić information content (AvgIpc) is 2.35. The van der Waals surface area contributed by atoms with E-state index in [1.807, 2.05) is 0 Å². The van der Waals surface area contributed by atoms with Gasteiger partial charge >= 0.3 is 12.0 Å². The highest BCUT2D eigenvalue weighted by atomic mass is 16.4. The molecular formula is C12H23N3O3. The Labute approximate surface area is 108 Å². The number of nitrogens with zero attached hydrogens (tertiary/aromatic N) is 1. The number of rotatable bonds is 5. The minimum atomic E-state index is -0.994. The number of nitrogens with one attached hydrogen (secondary N) is 2. The minimum absolute atomic E-state index is 0.386. The third-order valence-corrected chi connectivity index (χ3v) is 3.40. The first-order valence-electron chi connectivity index (χ1n) is 6.48. The van der Waals surface area contributed by atoms with Crippen molar-refractivity contribution in [3.05, 3.63) is 0 Å². The SMILES string of the molecule is CC[C@@H](NC(=O)NCC1CCN(C)CC1)C(=O)O. The van der Waals surface area contributed by atoms with E-state index in [1.54, 1.807) is 6.92 Å². The lowest BCUT2D eigenvalue weighted by Crippen LogP contribution is -2.47. The predicted octanol–water partition coefficient (Wildman–Crippen LogP) is 0.491. The van der Waals surface area contributed by atoms with Crippen molar-refractivity contribution in [1.82, 2.24) is 15.5 Å². The second-order valence-corrected chi connectivity index (χ2v) is 4.90. The first-order valence-corrected chi connectivity index (χ1v) is 6.48. The fourth-order valence-electron chi connectivity index (χ4n) is 2.05. The highest BCUT2D eigenvalue weighted by molar-refractivity contribution is 5.82. The van der Waals surface area contributed by atoms with Gasteiger partial charge in [0, 0.05) is 6.54 Å². The van der Waals surface area contributed by atoms with Gasteiger partial charge in [-0.15, -0.1) is 0 Å². The Bertz CT molecular complexity index is 288. The summed E-state index contributed by atoms with van der Waals surface area (Å²) >= 11 is 0. The van der Waals surface area contributed by atoms with Crippen LogP contribution >= 0.6 is 0 Å². The summed E-state index contributed by atoms with van der Waals surface area (Å²) in [6.07, 6.45) is 2.54. The van der Waals surface area contributed by atoms with Gasteiger partial charge in [-0.2, -0.15) is 0 Å². The highest BCUT2D eigenvalue weighted by Crippen LogP contribution is 2.14. The molecule has 1 saturated heterocycles. The smallest absolute Gasteiger partial charge is 0.326 e. The topological polar surface area (TPSA) is 81.7 Å². The Morgan fingerprint density at radius 1 is 1.39 bits per heavy atom. The number of hydrogen-bond acceptors (Lipinski definition) is 3. The number of carbonyl (C=O) groups excluding carboxylic acids is 1. The van der Waals surface area contributed by atoms with E-state index >= 15 is 0 Å². The van der Waals surface area contributed by atoms with Crippen LogP contribution in [-0.4, -0.2) is 54.7 Å². The Hall–Kier alpha value is -1.30. The van der Waals surface area contributed by atoms with Crippen LogP contribution in [0.4, 0.5) is 4.79 Å². The number of amides is 2. The molecule has 0 aliphatic carbocycles. The summed E-state index contributed by atoms with van der Waals surface area (Å²) in [5.74, 6) is -0.496. The Morgan fingerprint density at radius 3 is 2.50 bits per heavy atom. The van der Waals surface area contributed by atoms with Crippen molar-refractivity contribution in [2.24, 2.45) is 5.92 Å². The van der Waals surface area contributed by atoms with Crippen LogP contribution in [0.3, 0.4) is 0 Å². The van der Waals surface area contributed by atoms with E-state index in [-0.39, 0.29) is 6.03 Å². The molecule has 0 bridgehead atoms. The molecule has 1 aliphatic heterocycles.